The summed E-state index contributed by atoms with van der Waals surface area (Å²) in [5.41, 5.74) is 1.59. The molecule has 0 spiro atoms. The van der Waals surface area contributed by atoms with Crippen molar-refractivity contribution in [3.8, 4) is 16.9 Å². The lowest BCUT2D eigenvalue weighted by molar-refractivity contribution is -0.109. The van der Waals surface area contributed by atoms with E-state index in [1.807, 2.05) is 18.2 Å². The highest BCUT2D eigenvalue weighted by Gasteiger charge is 2.10. The highest BCUT2D eigenvalue weighted by molar-refractivity contribution is 6.34. The van der Waals surface area contributed by atoms with E-state index in [4.69, 9.17) is 27.9 Å². The Hall–Kier alpha value is -1.51. The van der Waals surface area contributed by atoms with E-state index in [1.54, 1.807) is 24.3 Å². The first-order chi connectivity index (χ1) is 8.72. The second kappa shape index (κ2) is 5.89. The molecule has 0 atom stereocenters. The summed E-state index contributed by atoms with van der Waals surface area (Å²) in [4.78, 5) is 10.4. The summed E-state index contributed by atoms with van der Waals surface area (Å²) in [6, 6.07) is 12.6. The summed E-state index contributed by atoms with van der Waals surface area (Å²) in [5, 5.41) is 1.19. The minimum absolute atomic E-state index is 0.000908. The highest BCUT2D eigenvalue weighted by atomic mass is 35.5. The molecule has 0 N–H and O–H groups in total. The molecule has 0 aliphatic carbocycles. The second-order valence-electron chi connectivity index (χ2n) is 3.60. The summed E-state index contributed by atoms with van der Waals surface area (Å²) in [5.74, 6) is 0.583. The largest absolute Gasteiger partial charge is 0.485 e. The van der Waals surface area contributed by atoms with Gasteiger partial charge in [0, 0.05) is 21.2 Å². The molecule has 0 saturated carbocycles. The molecule has 0 aliphatic heterocycles. The van der Waals surface area contributed by atoms with Crippen LogP contribution in [0.5, 0.6) is 5.75 Å². The van der Waals surface area contributed by atoms with Crippen molar-refractivity contribution < 1.29 is 9.53 Å². The maximum absolute atomic E-state index is 10.4. The number of hydrogen-bond acceptors (Lipinski definition) is 2. The molecule has 0 radical (unpaired) electrons. The minimum Gasteiger partial charge on any atom is -0.485 e. The second-order valence-corrected chi connectivity index (χ2v) is 4.44. The summed E-state index contributed by atoms with van der Waals surface area (Å²) in [7, 11) is 0. The van der Waals surface area contributed by atoms with Crippen LogP contribution in [-0.4, -0.2) is 12.9 Å². The van der Waals surface area contributed by atoms with Crippen molar-refractivity contribution in [3.05, 3.63) is 52.5 Å². The SMILES string of the molecule is O=CCOc1ccc(Cl)cc1-c1ccccc1Cl. The third-order valence-corrected chi connectivity index (χ3v) is 2.98. The standard InChI is InChI=1S/C14H10Cl2O2/c15-10-5-6-14(18-8-7-17)12(9-10)11-3-1-2-4-13(11)16/h1-7,9H,8H2. The number of aldehydes is 1. The summed E-state index contributed by atoms with van der Waals surface area (Å²) >= 11 is 12.1. The third kappa shape index (κ3) is 2.84. The van der Waals surface area contributed by atoms with E-state index in [1.165, 1.54) is 0 Å². The molecule has 4 heteroatoms. The molecule has 0 amide bonds. The normalized spacial score (nSPS) is 10.1. The Bertz CT molecular complexity index is 567. The fraction of sp³-hybridized carbons (Fsp3) is 0.0714. The lowest BCUT2D eigenvalue weighted by Gasteiger charge is -2.11. The van der Waals surface area contributed by atoms with E-state index in [0.29, 0.717) is 22.1 Å². The quantitative estimate of drug-likeness (QED) is 0.783. The highest BCUT2D eigenvalue weighted by Crippen LogP contribution is 2.36. The number of rotatable bonds is 4. The molecule has 0 aromatic heterocycles. The van der Waals surface area contributed by atoms with Gasteiger partial charge in [0.2, 0.25) is 0 Å². The zero-order valence-electron chi connectivity index (χ0n) is 9.40. The monoisotopic (exact) mass is 280 g/mol. The van der Waals surface area contributed by atoms with Gasteiger partial charge in [-0.3, -0.25) is 4.79 Å². The van der Waals surface area contributed by atoms with Crippen LogP contribution in [0.15, 0.2) is 42.5 Å². The maximum Gasteiger partial charge on any atom is 0.157 e. The van der Waals surface area contributed by atoms with Gasteiger partial charge < -0.3 is 4.74 Å². The molecular weight excluding hydrogens is 271 g/mol. The van der Waals surface area contributed by atoms with Gasteiger partial charge in [0.15, 0.2) is 6.29 Å². The molecule has 2 aromatic carbocycles. The van der Waals surface area contributed by atoms with Crippen LogP contribution in [0.25, 0.3) is 11.1 Å². The van der Waals surface area contributed by atoms with Crippen LogP contribution in [0, 0.1) is 0 Å². The van der Waals surface area contributed by atoms with Gasteiger partial charge in [-0.05, 0) is 24.3 Å². The van der Waals surface area contributed by atoms with Crippen LogP contribution in [0.2, 0.25) is 10.0 Å². The number of halogens is 2. The fourth-order valence-electron chi connectivity index (χ4n) is 1.64. The first kappa shape index (κ1) is 12.9. The Morgan fingerprint density at radius 2 is 1.83 bits per heavy atom. The lowest BCUT2D eigenvalue weighted by atomic mass is 10.0. The molecule has 18 heavy (non-hydrogen) atoms. The average molecular weight is 281 g/mol. The Kier molecular flexibility index (Phi) is 4.24. The Labute approximate surface area is 115 Å². The first-order valence-electron chi connectivity index (χ1n) is 5.33. The molecule has 0 fully saturated rings. The molecule has 2 rings (SSSR count). The first-order valence-corrected chi connectivity index (χ1v) is 6.09. The third-order valence-electron chi connectivity index (χ3n) is 2.41. The van der Waals surface area contributed by atoms with Crippen molar-refractivity contribution in [3.63, 3.8) is 0 Å². The van der Waals surface area contributed by atoms with Crippen LogP contribution in [-0.2, 0) is 4.79 Å². The van der Waals surface area contributed by atoms with Gasteiger partial charge in [-0.1, -0.05) is 41.4 Å². The van der Waals surface area contributed by atoms with Crippen LogP contribution in [0.3, 0.4) is 0 Å². The zero-order valence-corrected chi connectivity index (χ0v) is 10.9. The van der Waals surface area contributed by atoms with Crippen LogP contribution >= 0.6 is 23.2 Å². The number of hydrogen-bond donors (Lipinski definition) is 0. The van der Waals surface area contributed by atoms with E-state index < -0.39 is 0 Å². The smallest absolute Gasteiger partial charge is 0.157 e. The van der Waals surface area contributed by atoms with Gasteiger partial charge in [0.1, 0.15) is 12.4 Å². The van der Waals surface area contributed by atoms with E-state index in [9.17, 15) is 4.79 Å². The molecule has 0 saturated heterocycles. The number of ether oxygens (including phenoxy) is 1. The van der Waals surface area contributed by atoms with Crippen LogP contribution in [0.1, 0.15) is 0 Å². The summed E-state index contributed by atoms with van der Waals surface area (Å²) in [6.45, 7) is -0.000908. The van der Waals surface area contributed by atoms with E-state index in [-0.39, 0.29) is 6.61 Å². The summed E-state index contributed by atoms with van der Waals surface area (Å²) in [6.07, 6.45) is 0.699. The summed E-state index contributed by atoms with van der Waals surface area (Å²) < 4.78 is 5.37. The zero-order chi connectivity index (χ0) is 13.0. The molecule has 2 aromatic rings. The predicted octanol–water partition coefficient (Wildman–Crippen LogP) is 4.24. The van der Waals surface area contributed by atoms with Crippen LogP contribution in [0.4, 0.5) is 0 Å². The molecule has 0 aliphatic rings. The molecule has 0 heterocycles. The molecule has 92 valence electrons. The van der Waals surface area contributed by atoms with Crippen molar-refractivity contribution in [2.45, 2.75) is 0 Å². The molecule has 0 bridgehead atoms. The fourth-order valence-corrected chi connectivity index (χ4v) is 2.05. The number of carbonyl (C=O) groups is 1. The molecule has 0 unspecified atom stereocenters. The Morgan fingerprint density at radius 3 is 2.56 bits per heavy atom. The minimum atomic E-state index is -0.000908. The van der Waals surface area contributed by atoms with E-state index in [0.717, 1.165) is 11.1 Å². The van der Waals surface area contributed by atoms with Crippen molar-refractivity contribution in [1.29, 1.82) is 0 Å². The Morgan fingerprint density at radius 1 is 1.06 bits per heavy atom. The topological polar surface area (TPSA) is 26.3 Å². The molecular formula is C14H10Cl2O2. The molecule has 2 nitrogen and oxygen atoms in total. The van der Waals surface area contributed by atoms with E-state index >= 15 is 0 Å². The average Bonchev–Trinajstić information content (AvgIpc) is 2.38. The van der Waals surface area contributed by atoms with Crippen molar-refractivity contribution in [1.82, 2.24) is 0 Å². The predicted molar refractivity (Wildman–Crippen MR) is 73.5 cm³/mol. The van der Waals surface area contributed by atoms with Gasteiger partial charge in [0.25, 0.3) is 0 Å². The van der Waals surface area contributed by atoms with Gasteiger partial charge in [0.05, 0.1) is 0 Å². The van der Waals surface area contributed by atoms with Gasteiger partial charge in [-0.25, -0.2) is 0 Å². The van der Waals surface area contributed by atoms with Gasteiger partial charge >= 0.3 is 0 Å². The van der Waals surface area contributed by atoms with Gasteiger partial charge in [-0.15, -0.1) is 0 Å². The lowest BCUT2D eigenvalue weighted by Crippen LogP contribution is -1.99. The Balaban J connectivity index is 2.51. The van der Waals surface area contributed by atoms with Gasteiger partial charge in [-0.2, -0.15) is 0 Å². The number of carbonyl (C=O) groups excluding carboxylic acids is 1. The maximum atomic E-state index is 10.4. The van der Waals surface area contributed by atoms with E-state index in [2.05, 4.69) is 0 Å². The number of benzene rings is 2. The van der Waals surface area contributed by atoms with Crippen molar-refractivity contribution >= 4 is 29.5 Å². The van der Waals surface area contributed by atoms with Crippen molar-refractivity contribution in [2.75, 3.05) is 6.61 Å². The van der Waals surface area contributed by atoms with Crippen LogP contribution < -0.4 is 4.74 Å². The van der Waals surface area contributed by atoms with Crippen molar-refractivity contribution in [2.24, 2.45) is 0 Å².